The van der Waals surface area contributed by atoms with Gasteiger partial charge in [-0.15, -0.1) is 0 Å². The quantitative estimate of drug-likeness (QED) is 0.803. The summed E-state index contributed by atoms with van der Waals surface area (Å²) >= 11 is 6.94. The monoisotopic (exact) mass is 412 g/mol. The highest BCUT2D eigenvalue weighted by molar-refractivity contribution is 9.11. The topological polar surface area (TPSA) is 80.0 Å². The number of rotatable bonds is 3. The van der Waals surface area contributed by atoms with E-state index >= 15 is 0 Å². The molecule has 0 radical (unpaired) electrons. The molecule has 21 heavy (non-hydrogen) atoms. The molecule has 0 bridgehead atoms. The minimum Gasteiger partial charge on any atom is -0.368 e. The van der Waals surface area contributed by atoms with Crippen LogP contribution >= 0.6 is 31.9 Å². The van der Waals surface area contributed by atoms with Crippen LogP contribution in [0.15, 0.2) is 27.1 Å². The van der Waals surface area contributed by atoms with Crippen molar-refractivity contribution >= 4 is 55.4 Å². The molecule has 1 aliphatic rings. The van der Waals surface area contributed by atoms with Crippen molar-refractivity contribution in [2.75, 3.05) is 29.0 Å². The highest BCUT2D eigenvalue weighted by Gasteiger charge is 2.17. The second-order valence-electron chi connectivity index (χ2n) is 4.76. The molecule has 1 aromatic carbocycles. The van der Waals surface area contributed by atoms with E-state index in [2.05, 4.69) is 57.0 Å². The van der Waals surface area contributed by atoms with Crippen molar-refractivity contribution < 1.29 is 0 Å². The number of nitrogen functional groups attached to an aromatic ring is 1. The first-order valence-electron chi connectivity index (χ1n) is 6.60. The van der Waals surface area contributed by atoms with E-state index in [-0.39, 0.29) is 5.95 Å². The van der Waals surface area contributed by atoms with Crippen LogP contribution in [0.1, 0.15) is 12.8 Å². The van der Waals surface area contributed by atoms with Gasteiger partial charge in [0.1, 0.15) is 0 Å². The molecule has 0 saturated carbocycles. The van der Waals surface area contributed by atoms with Gasteiger partial charge in [0.05, 0.1) is 5.69 Å². The van der Waals surface area contributed by atoms with Crippen molar-refractivity contribution in [2.45, 2.75) is 12.8 Å². The SMILES string of the molecule is Nc1nc(Nc2cc(Br)ccc2Br)nc(N2CCCC2)n1. The highest BCUT2D eigenvalue weighted by atomic mass is 79.9. The number of benzene rings is 1. The lowest BCUT2D eigenvalue weighted by molar-refractivity contribution is 0.887. The van der Waals surface area contributed by atoms with Crippen LogP contribution < -0.4 is 16.0 Å². The normalized spacial score (nSPS) is 14.5. The number of hydrogen-bond donors (Lipinski definition) is 2. The second-order valence-corrected chi connectivity index (χ2v) is 6.53. The summed E-state index contributed by atoms with van der Waals surface area (Å²) < 4.78 is 1.89. The first-order valence-corrected chi connectivity index (χ1v) is 8.19. The Morgan fingerprint density at radius 2 is 1.86 bits per heavy atom. The van der Waals surface area contributed by atoms with Gasteiger partial charge in [-0.3, -0.25) is 0 Å². The number of nitrogens with zero attached hydrogens (tertiary/aromatic N) is 4. The molecule has 3 rings (SSSR count). The van der Waals surface area contributed by atoms with E-state index in [1.165, 1.54) is 0 Å². The van der Waals surface area contributed by atoms with Crippen LogP contribution in [0, 0.1) is 0 Å². The number of aromatic nitrogens is 3. The fraction of sp³-hybridized carbons (Fsp3) is 0.308. The van der Waals surface area contributed by atoms with E-state index in [9.17, 15) is 0 Å². The molecule has 0 spiro atoms. The van der Waals surface area contributed by atoms with Crippen molar-refractivity contribution in [3.8, 4) is 0 Å². The van der Waals surface area contributed by atoms with Crippen LogP contribution in [0.3, 0.4) is 0 Å². The van der Waals surface area contributed by atoms with Gasteiger partial charge in [0.2, 0.25) is 17.8 Å². The zero-order chi connectivity index (χ0) is 14.8. The third-order valence-corrected chi connectivity index (χ3v) is 4.39. The Morgan fingerprint density at radius 3 is 2.62 bits per heavy atom. The highest BCUT2D eigenvalue weighted by Crippen LogP contribution is 2.28. The molecule has 3 N–H and O–H groups in total. The standard InChI is InChI=1S/C13H14Br2N6/c14-8-3-4-9(15)10(7-8)17-12-18-11(16)19-13(20-12)21-5-1-2-6-21/h3-4,7H,1-2,5-6H2,(H3,16,17,18,19,20). The fourth-order valence-electron chi connectivity index (χ4n) is 2.21. The minimum absolute atomic E-state index is 0.223. The van der Waals surface area contributed by atoms with E-state index in [0.717, 1.165) is 40.6 Å². The molecule has 1 aromatic heterocycles. The molecule has 0 atom stereocenters. The van der Waals surface area contributed by atoms with Crippen molar-refractivity contribution in [3.63, 3.8) is 0 Å². The summed E-state index contributed by atoms with van der Waals surface area (Å²) in [6.45, 7) is 1.92. The van der Waals surface area contributed by atoms with Crippen LogP contribution in [-0.2, 0) is 0 Å². The van der Waals surface area contributed by atoms with Crippen molar-refractivity contribution in [2.24, 2.45) is 0 Å². The van der Waals surface area contributed by atoms with E-state index in [1.54, 1.807) is 0 Å². The van der Waals surface area contributed by atoms with E-state index in [0.29, 0.717) is 11.9 Å². The molecule has 110 valence electrons. The lowest BCUT2D eigenvalue weighted by Gasteiger charge is -2.16. The maximum atomic E-state index is 5.80. The van der Waals surface area contributed by atoms with Crippen LogP contribution in [-0.4, -0.2) is 28.0 Å². The molecule has 1 fully saturated rings. The van der Waals surface area contributed by atoms with Gasteiger partial charge in [-0.2, -0.15) is 15.0 Å². The van der Waals surface area contributed by atoms with Crippen molar-refractivity contribution in [3.05, 3.63) is 27.1 Å². The first kappa shape index (κ1) is 14.5. The van der Waals surface area contributed by atoms with Crippen LogP contribution in [0.5, 0.6) is 0 Å². The predicted molar refractivity (Wildman–Crippen MR) is 90.8 cm³/mol. The van der Waals surface area contributed by atoms with E-state index in [1.807, 2.05) is 18.2 Å². The maximum absolute atomic E-state index is 5.80. The number of anilines is 4. The van der Waals surface area contributed by atoms with Gasteiger partial charge < -0.3 is 16.0 Å². The van der Waals surface area contributed by atoms with Crippen LogP contribution in [0.2, 0.25) is 0 Å². The van der Waals surface area contributed by atoms with Gasteiger partial charge in [-0.25, -0.2) is 0 Å². The Hall–Kier alpha value is -1.41. The zero-order valence-electron chi connectivity index (χ0n) is 11.2. The fourth-order valence-corrected chi connectivity index (χ4v) is 2.92. The third-order valence-electron chi connectivity index (χ3n) is 3.20. The lowest BCUT2D eigenvalue weighted by atomic mass is 10.3. The average Bonchev–Trinajstić information content (AvgIpc) is 2.96. The molecule has 0 aliphatic carbocycles. The summed E-state index contributed by atoms with van der Waals surface area (Å²) in [6.07, 6.45) is 2.32. The maximum Gasteiger partial charge on any atom is 0.233 e. The Labute approximate surface area is 139 Å². The Morgan fingerprint density at radius 1 is 1.10 bits per heavy atom. The van der Waals surface area contributed by atoms with Gasteiger partial charge in [0.25, 0.3) is 0 Å². The average molecular weight is 414 g/mol. The first-order chi connectivity index (χ1) is 10.1. The number of nitrogens with two attached hydrogens (primary N) is 1. The number of hydrogen-bond acceptors (Lipinski definition) is 6. The van der Waals surface area contributed by atoms with Gasteiger partial charge in [0, 0.05) is 22.0 Å². The van der Waals surface area contributed by atoms with Crippen LogP contribution in [0.4, 0.5) is 23.5 Å². The summed E-state index contributed by atoms with van der Waals surface area (Å²) in [5, 5.41) is 3.17. The second kappa shape index (κ2) is 6.15. The van der Waals surface area contributed by atoms with Crippen molar-refractivity contribution in [1.29, 1.82) is 0 Å². The molecule has 1 saturated heterocycles. The largest absolute Gasteiger partial charge is 0.368 e. The smallest absolute Gasteiger partial charge is 0.233 e. The lowest BCUT2D eigenvalue weighted by Crippen LogP contribution is -2.22. The van der Waals surface area contributed by atoms with Gasteiger partial charge in [-0.1, -0.05) is 15.9 Å². The summed E-state index contributed by atoms with van der Waals surface area (Å²) in [7, 11) is 0. The van der Waals surface area contributed by atoms with E-state index in [4.69, 9.17) is 5.73 Å². The van der Waals surface area contributed by atoms with E-state index < -0.39 is 0 Å². The zero-order valence-corrected chi connectivity index (χ0v) is 14.4. The molecule has 8 heteroatoms. The Bertz CT molecular complexity index is 657. The van der Waals surface area contributed by atoms with Gasteiger partial charge in [-0.05, 0) is 47.0 Å². The molecule has 0 amide bonds. The van der Waals surface area contributed by atoms with Crippen molar-refractivity contribution in [1.82, 2.24) is 15.0 Å². The molecule has 6 nitrogen and oxygen atoms in total. The van der Waals surface area contributed by atoms with Gasteiger partial charge >= 0.3 is 0 Å². The third kappa shape index (κ3) is 3.44. The minimum atomic E-state index is 0.223. The number of nitrogens with one attached hydrogen (secondary N) is 1. The molecule has 0 unspecified atom stereocenters. The molecular formula is C13H14Br2N6. The summed E-state index contributed by atoms with van der Waals surface area (Å²) in [5.41, 5.74) is 6.66. The van der Waals surface area contributed by atoms with Gasteiger partial charge in [0.15, 0.2) is 0 Å². The predicted octanol–water partition coefficient (Wildman–Crippen LogP) is 3.32. The molecule has 2 heterocycles. The summed E-state index contributed by atoms with van der Waals surface area (Å²) in [6, 6.07) is 5.84. The number of halogens is 2. The summed E-state index contributed by atoms with van der Waals surface area (Å²) in [4.78, 5) is 15.0. The summed E-state index contributed by atoms with van der Waals surface area (Å²) in [5.74, 6) is 1.30. The Kier molecular flexibility index (Phi) is 4.25. The molecule has 2 aromatic rings. The molecule has 1 aliphatic heterocycles. The Balaban J connectivity index is 1.89. The van der Waals surface area contributed by atoms with Crippen LogP contribution in [0.25, 0.3) is 0 Å². The molecular weight excluding hydrogens is 400 g/mol.